The van der Waals surface area contributed by atoms with Crippen LogP contribution in [0, 0.1) is 5.41 Å². The zero-order valence-corrected chi connectivity index (χ0v) is 11.7. The van der Waals surface area contributed by atoms with Gasteiger partial charge in [-0.1, -0.05) is 39.0 Å². The Bertz CT molecular complexity index is 295. The van der Waals surface area contributed by atoms with Gasteiger partial charge in [-0.05, 0) is 26.8 Å². The second-order valence-electron chi connectivity index (χ2n) is 6.54. The molecule has 0 amide bonds. The molecule has 1 heteroatoms. The highest BCUT2D eigenvalue weighted by Crippen LogP contribution is 2.23. The van der Waals surface area contributed by atoms with Gasteiger partial charge in [0.2, 0.25) is 0 Å². The largest absolute Gasteiger partial charge is 0.228 e. The first-order chi connectivity index (χ1) is 7.23. The first-order valence-corrected chi connectivity index (χ1v) is 6.18. The fourth-order valence-electron chi connectivity index (χ4n) is 2.11. The molecule has 0 unspecified atom stereocenters. The molecule has 1 aliphatic rings. The van der Waals surface area contributed by atoms with Gasteiger partial charge in [-0.15, -0.1) is 0 Å². The third-order valence-electron chi connectivity index (χ3n) is 2.98. The van der Waals surface area contributed by atoms with Crippen molar-refractivity contribution in [1.82, 2.24) is 0 Å². The number of rotatable bonds is 0. The van der Waals surface area contributed by atoms with E-state index in [2.05, 4.69) is 70.4 Å². The molecule has 0 fully saturated rings. The smallest absolute Gasteiger partial charge is 0.162 e. The van der Waals surface area contributed by atoms with E-state index in [1.165, 1.54) is 5.71 Å². The van der Waals surface area contributed by atoms with Crippen LogP contribution in [-0.2, 0) is 0 Å². The van der Waals surface area contributed by atoms with Crippen LogP contribution in [-0.4, -0.2) is 22.4 Å². The summed E-state index contributed by atoms with van der Waals surface area (Å²) in [6, 6.07) is 0. The Morgan fingerprint density at radius 1 is 0.938 bits per heavy atom. The standard InChI is InChI=1S/C15H26N/c1-14(2,3)13-11-9-7-8-10-12-16(13)15(4,5)6/h7-10H,11-12H2,1-6H3/q+1/b9-7-,10-8-,16-13-. The lowest BCUT2D eigenvalue weighted by atomic mass is 9.86. The summed E-state index contributed by atoms with van der Waals surface area (Å²) >= 11 is 0. The van der Waals surface area contributed by atoms with Gasteiger partial charge < -0.3 is 0 Å². The summed E-state index contributed by atoms with van der Waals surface area (Å²) in [5.41, 5.74) is 1.96. The van der Waals surface area contributed by atoms with Gasteiger partial charge in [0.25, 0.3) is 0 Å². The van der Waals surface area contributed by atoms with E-state index in [0.717, 1.165) is 13.0 Å². The quantitative estimate of drug-likeness (QED) is 0.546. The second-order valence-corrected chi connectivity index (χ2v) is 6.54. The third-order valence-corrected chi connectivity index (χ3v) is 2.98. The van der Waals surface area contributed by atoms with E-state index >= 15 is 0 Å². The Morgan fingerprint density at radius 3 is 2.00 bits per heavy atom. The zero-order valence-electron chi connectivity index (χ0n) is 11.7. The lowest BCUT2D eigenvalue weighted by molar-refractivity contribution is -0.592. The predicted molar refractivity (Wildman–Crippen MR) is 72.2 cm³/mol. The van der Waals surface area contributed by atoms with Crippen molar-refractivity contribution < 1.29 is 4.58 Å². The van der Waals surface area contributed by atoms with Gasteiger partial charge in [0.05, 0.1) is 0 Å². The molecule has 0 radical (unpaired) electrons. The SMILES string of the molecule is CC(C)(C)/C1=[N+](\C(C)(C)C)C/C=C\C=C/C1. The van der Waals surface area contributed by atoms with Crippen LogP contribution >= 0.6 is 0 Å². The summed E-state index contributed by atoms with van der Waals surface area (Å²) in [6.07, 6.45) is 9.87. The molecule has 0 spiro atoms. The average Bonchev–Trinajstić information content (AvgIpc) is 1.96. The Kier molecular flexibility index (Phi) is 3.77. The Labute approximate surface area is 101 Å². The van der Waals surface area contributed by atoms with Gasteiger partial charge in [0.1, 0.15) is 0 Å². The van der Waals surface area contributed by atoms with Crippen LogP contribution in [0.5, 0.6) is 0 Å². The number of hydrogen-bond acceptors (Lipinski definition) is 0. The molecule has 90 valence electrons. The van der Waals surface area contributed by atoms with Crippen molar-refractivity contribution in [2.75, 3.05) is 6.54 Å². The van der Waals surface area contributed by atoms with E-state index in [1.807, 2.05) is 0 Å². The molecule has 0 saturated carbocycles. The molecule has 0 N–H and O–H groups in total. The van der Waals surface area contributed by atoms with E-state index in [4.69, 9.17) is 0 Å². The number of allylic oxidation sites excluding steroid dienone is 3. The molecule has 1 heterocycles. The molecule has 0 aliphatic carbocycles. The predicted octanol–water partition coefficient (Wildman–Crippen LogP) is 3.80. The van der Waals surface area contributed by atoms with E-state index in [0.29, 0.717) is 0 Å². The number of nitrogens with zero attached hydrogens (tertiary/aromatic N) is 1. The van der Waals surface area contributed by atoms with Gasteiger partial charge in [-0.3, -0.25) is 0 Å². The van der Waals surface area contributed by atoms with Crippen molar-refractivity contribution in [3.8, 4) is 0 Å². The van der Waals surface area contributed by atoms with Gasteiger partial charge in [-0.2, -0.15) is 0 Å². The fraction of sp³-hybridized carbons (Fsp3) is 0.667. The highest BCUT2D eigenvalue weighted by molar-refractivity contribution is 5.86. The number of hydrogen-bond donors (Lipinski definition) is 0. The first kappa shape index (κ1) is 13.2. The van der Waals surface area contributed by atoms with Crippen LogP contribution in [0.2, 0.25) is 0 Å². The summed E-state index contributed by atoms with van der Waals surface area (Å²) in [5, 5.41) is 0. The van der Waals surface area contributed by atoms with Gasteiger partial charge >= 0.3 is 0 Å². The average molecular weight is 220 g/mol. The Morgan fingerprint density at radius 2 is 1.50 bits per heavy atom. The van der Waals surface area contributed by atoms with Crippen molar-refractivity contribution >= 4 is 5.71 Å². The van der Waals surface area contributed by atoms with Crippen LogP contribution in [0.4, 0.5) is 0 Å². The second kappa shape index (κ2) is 4.57. The Balaban J connectivity index is 3.26. The molecule has 0 atom stereocenters. The maximum absolute atomic E-state index is 2.53. The molecule has 0 aromatic heterocycles. The monoisotopic (exact) mass is 220 g/mol. The van der Waals surface area contributed by atoms with Gasteiger partial charge in [0, 0.05) is 11.8 Å². The van der Waals surface area contributed by atoms with E-state index in [-0.39, 0.29) is 11.0 Å². The minimum absolute atomic E-state index is 0.193. The first-order valence-electron chi connectivity index (χ1n) is 6.18. The zero-order chi connectivity index (χ0) is 12.4. The van der Waals surface area contributed by atoms with Crippen LogP contribution in [0.3, 0.4) is 0 Å². The molecular formula is C15H26N+. The highest BCUT2D eigenvalue weighted by atomic mass is 15.1. The molecule has 0 aromatic carbocycles. The molecule has 0 saturated heterocycles. The Hall–Kier alpha value is -0.850. The summed E-state index contributed by atoms with van der Waals surface area (Å²) in [5.74, 6) is 0. The maximum Gasteiger partial charge on any atom is 0.162 e. The lowest BCUT2D eigenvalue weighted by Gasteiger charge is -2.27. The molecule has 1 nitrogen and oxygen atoms in total. The minimum Gasteiger partial charge on any atom is -0.228 e. The van der Waals surface area contributed by atoms with Crippen molar-refractivity contribution in [2.45, 2.75) is 53.5 Å². The molecular weight excluding hydrogens is 194 g/mol. The summed E-state index contributed by atoms with van der Waals surface area (Å²) in [7, 11) is 0. The summed E-state index contributed by atoms with van der Waals surface area (Å²) < 4.78 is 2.53. The van der Waals surface area contributed by atoms with E-state index in [1.54, 1.807) is 0 Å². The normalized spacial score (nSPS) is 27.1. The third kappa shape index (κ3) is 3.33. The van der Waals surface area contributed by atoms with E-state index in [9.17, 15) is 0 Å². The molecule has 1 rings (SSSR count). The van der Waals surface area contributed by atoms with Gasteiger partial charge in [-0.25, -0.2) is 4.58 Å². The van der Waals surface area contributed by atoms with Crippen LogP contribution in [0.1, 0.15) is 48.0 Å². The summed E-state index contributed by atoms with van der Waals surface area (Å²) in [6.45, 7) is 14.8. The maximum atomic E-state index is 2.53. The van der Waals surface area contributed by atoms with Crippen molar-refractivity contribution in [1.29, 1.82) is 0 Å². The van der Waals surface area contributed by atoms with Crippen LogP contribution in [0.25, 0.3) is 0 Å². The van der Waals surface area contributed by atoms with E-state index < -0.39 is 0 Å². The highest BCUT2D eigenvalue weighted by Gasteiger charge is 2.33. The topological polar surface area (TPSA) is 3.01 Å². The molecule has 0 aromatic rings. The van der Waals surface area contributed by atoms with Crippen molar-refractivity contribution in [2.24, 2.45) is 5.41 Å². The van der Waals surface area contributed by atoms with Crippen LogP contribution in [0.15, 0.2) is 24.3 Å². The lowest BCUT2D eigenvalue weighted by Crippen LogP contribution is -2.42. The van der Waals surface area contributed by atoms with Gasteiger partial charge in [0.15, 0.2) is 17.8 Å². The minimum atomic E-state index is 0.193. The molecule has 0 bridgehead atoms. The molecule has 16 heavy (non-hydrogen) atoms. The fourth-order valence-corrected chi connectivity index (χ4v) is 2.11. The molecule has 1 aliphatic heterocycles. The van der Waals surface area contributed by atoms with Crippen molar-refractivity contribution in [3.63, 3.8) is 0 Å². The van der Waals surface area contributed by atoms with Crippen molar-refractivity contribution in [3.05, 3.63) is 24.3 Å². The summed E-state index contributed by atoms with van der Waals surface area (Å²) in [4.78, 5) is 0. The van der Waals surface area contributed by atoms with Crippen LogP contribution < -0.4 is 0 Å².